The van der Waals surface area contributed by atoms with Crippen molar-refractivity contribution in [3.63, 3.8) is 0 Å². The van der Waals surface area contributed by atoms with E-state index in [2.05, 4.69) is 19.9 Å². The minimum absolute atomic E-state index is 0.186. The molecule has 0 spiro atoms. The standard InChI is InChI=1S/C20H25NO3/c1-10-9-11(2)13(4)19(12(10)3)24-20-16(7)14(5)18(21(22)23)15(6)17(20)8/h9H,1-8H3. The molecule has 0 fully saturated rings. The molecule has 0 heterocycles. The van der Waals surface area contributed by atoms with Crippen LogP contribution in [0.25, 0.3) is 0 Å². The minimum Gasteiger partial charge on any atom is -0.456 e. The molecular weight excluding hydrogens is 302 g/mol. The van der Waals surface area contributed by atoms with Crippen LogP contribution in [0.5, 0.6) is 11.5 Å². The monoisotopic (exact) mass is 327 g/mol. The Bertz CT molecular complexity index is 796. The summed E-state index contributed by atoms with van der Waals surface area (Å²) in [7, 11) is 0. The number of nitrogens with zero attached hydrogens (tertiary/aromatic N) is 1. The molecule has 4 heteroatoms. The fourth-order valence-corrected chi connectivity index (χ4v) is 3.12. The van der Waals surface area contributed by atoms with Crippen molar-refractivity contribution in [1.82, 2.24) is 0 Å². The average molecular weight is 327 g/mol. The summed E-state index contributed by atoms with van der Waals surface area (Å²) >= 11 is 0. The molecule has 2 rings (SSSR count). The van der Waals surface area contributed by atoms with Crippen LogP contribution in [-0.2, 0) is 0 Å². The van der Waals surface area contributed by atoms with E-state index in [1.807, 2.05) is 27.7 Å². The van der Waals surface area contributed by atoms with Crippen LogP contribution >= 0.6 is 0 Å². The average Bonchev–Trinajstić information content (AvgIpc) is 2.50. The van der Waals surface area contributed by atoms with Gasteiger partial charge in [-0.15, -0.1) is 0 Å². The van der Waals surface area contributed by atoms with E-state index in [9.17, 15) is 10.1 Å². The van der Waals surface area contributed by atoms with Crippen LogP contribution in [-0.4, -0.2) is 4.92 Å². The van der Waals surface area contributed by atoms with Crippen LogP contribution in [0, 0.1) is 65.5 Å². The van der Waals surface area contributed by atoms with Gasteiger partial charge < -0.3 is 4.74 Å². The maximum Gasteiger partial charge on any atom is 0.275 e. The Morgan fingerprint density at radius 3 is 1.46 bits per heavy atom. The lowest BCUT2D eigenvalue weighted by Crippen LogP contribution is -2.04. The first-order chi connectivity index (χ1) is 11.1. The molecule has 0 aliphatic heterocycles. The van der Waals surface area contributed by atoms with Gasteiger partial charge in [0.05, 0.1) is 4.92 Å². The fourth-order valence-electron chi connectivity index (χ4n) is 3.12. The van der Waals surface area contributed by atoms with Gasteiger partial charge in [0.1, 0.15) is 11.5 Å². The van der Waals surface area contributed by atoms with E-state index in [1.54, 1.807) is 13.8 Å². The highest BCUT2D eigenvalue weighted by Gasteiger charge is 2.24. The van der Waals surface area contributed by atoms with Crippen molar-refractivity contribution in [2.24, 2.45) is 0 Å². The van der Waals surface area contributed by atoms with E-state index >= 15 is 0 Å². The number of ether oxygens (including phenoxy) is 1. The Balaban J connectivity index is 2.71. The van der Waals surface area contributed by atoms with Gasteiger partial charge in [-0.25, -0.2) is 0 Å². The molecule has 0 radical (unpaired) electrons. The van der Waals surface area contributed by atoms with E-state index in [1.165, 1.54) is 11.1 Å². The lowest BCUT2D eigenvalue weighted by Gasteiger charge is -2.20. The first-order valence-electron chi connectivity index (χ1n) is 8.07. The Morgan fingerprint density at radius 2 is 1.08 bits per heavy atom. The van der Waals surface area contributed by atoms with Crippen LogP contribution < -0.4 is 4.74 Å². The molecule has 0 N–H and O–H groups in total. The number of benzene rings is 2. The molecule has 0 aromatic heterocycles. The summed E-state index contributed by atoms with van der Waals surface area (Å²) in [6.07, 6.45) is 0. The first kappa shape index (κ1) is 18.0. The van der Waals surface area contributed by atoms with Gasteiger partial charge >= 0.3 is 0 Å². The SMILES string of the molecule is Cc1cc(C)c(C)c(Oc2c(C)c(C)c([N+](=O)[O-])c(C)c2C)c1C. The number of nitro groups is 1. The van der Waals surface area contributed by atoms with Crippen molar-refractivity contribution >= 4 is 5.69 Å². The lowest BCUT2D eigenvalue weighted by atomic mass is 9.96. The van der Waals surface area contributed by atoms with Gasteiger partial charge in [-0.2, -0.15) is 0 Å². The Labute approximate surface area is 143 Å². The Hall–Kier alpha value is -2.36. The smallest absolute Gasteiger partial charge is 0.275 e. The zero-order valence-electron chi connectivity index (χ0n) is 15.7. The quantitative estimate of drug-likeness (QED) is 0.524. The van der Waals surface area contributed by atoms with Crippen molar-refractivity contribution in [2.45, 2.75) is 55.4 Å². The molecular formula is C20H25NO3. The topological polar surface area (TPSA) is 52.4 Å². The van der Waals surface area contributed by atoms with E-state index < -0.39 is 0 Å². The van der Waals surface area contributed by atoms with E-state index in [-0.39, 0.29) is 10.6 Å². The van der Waals surface area contributed by atoms with Gasteiger partial charge in [0, 0.05) is 22.3 Å². The number of hydrogen-bond acceptors (Lipinski definition) is 3. The van der Waals surface area contributed by atoms with Crippen molar-refractivity contribution in [1.29, 1.82) is 0 Å². The number of rotatable bonds is 3. The Morgan fingerprint density at radius 1 is 0.708 bits per heavy atom. The highest BCUT2D eigenvalue weighted by atomic mass is 16.6. The van der Waals surface area contributed by atoms with Gasteiger partial charge in [-0.3, -0.25) is 10.1 Å². The zero-order valence-corrected chi connectivity index (χ0v) is 15.7. The van der Waals surface area contributed by atoms with Gasteiger partial charge in [0.2, 0.25) is 0 Å². The lowest BCUT2D eigenvalue weighted by molar-refractivity contribution is -0.386. The molecule has 2 aromatic rings. The molecule has 0 unspecified atom stereocenters. The molecule has 2 aromatic carbocycles. The maximum atomic E-state index is 11.4. The number of nitro benzene ring substituents is 1. The second-order valence-corrected chi connectivity index (χ2v) is 6.63. The predicted octanol–water partition coefficient (Wildman–Crippen LogP) is 5.85. The second-order valence-electron chi connectivity index (χ2n) is 6.63. The normalized spacial score (nSPS) is 10.8. The summed E-state index contributed by atoms with van der Waals surface area (Å²) in [5.41, 5.74) is 7.72. The van der Waals surface area contributed by atoms with Crippen molar-refractivity contribution in [3.8, 4) is 11.5 Å². The first-order valence-corrected chi connectivity index (χ1v) is 8.07. The van der Waals surface area contributed by atoms with E-state index in [4.69, 9.17) is 4.74 Å². The third kappa shape index (κ3) is 2.77. The molecule has 128 valence electrons. The molecule has 0 aliphatic rings. The van der Waals surface area contributed by atoms with Crippen molar-refractivity contribution in [2.75, 3.05) is 0 Å². The molecule has 24 heavy (non-hydrogen) atoms. The molecule has 0 aliphatic carbocycles. The molecule has 0 saturated heterocycles. The summed E-state index contributed by atoms with van der Waals surface area (Å²) in [5, 5.41) is 11.4. The van der Waals surface area contributed by atoms with Crippen LogP contribution in [0.3, 0.4) is 0 Å². The third-order valence-electron chi connectivity index (χ3n) is 5.20. The molecule has 0 atom stereocenters. The second kappa shape index (κ2) is 6.27. The van der Waals surface area contributed by atoms with Crippen LogP contribution in [0.1, 0.15) is 44.5 Å². The van der Waals surface area contributed by atoms with Crippen LogP contribution in [0.15, 0.2) is 6.07 Å². The third-order valence-corrected chi connectivity index (χ3v) is 5.20. The van der Waals surface area contributed by atoms with Crippen LogP contribution in [0.4, 0.5) is 5.69 Å². The van der Waals surface area contributed by atoms with E-state index in [0.29, 0.717) is 11.1 Å². The predicted molar refractivity (Wildman–Crippen MR) is 97.5 cm³/mol. The van der Waals surface area contributed by atoms with Gasteiger partial charge in [0.15, 0.2) is 0 Å². The van der Waals surface area contributed by atoms with Gasteiger partial charge in [-0.1, -0.05) is 6.07 Å². The summed E-state index contributed by atoms with van der Waals surface area (Å²) in [6.45, 7) is 15.6. The molecule has 0 amide bonds. The summed E-state index contributed by atoms with van der Waals surface area (Å²) < 4.78 is 6.34. The molecule has 4 nitrogen and oxygen atoms in total. The zero-order chi connectivity index (χ0) is 18.3. The molecule has 0 saturated carbocycles. The maximum absolute atomic E-state index is 11.4. The van der Waals surface area contributed by atoms with Crippen molar-refractivity contribution in [3.05, 3.63) is 60.7 Å². The number of hydrogen-bond donors (Lipinski definition) is 0. The van der Waals surface area contributed by atoms with Gasteiger partial charge in [0.25, 0.3) is 5.69 Å². The number of aryl methyl sites for hydroxylation is 2. The van der Waals surface area contributed by atoms with E-state index in [0.717, 1.165) is 33.8 Å². The molecule has 0 bridgehead atoms. The Kier molecular flexibility index (Phi) is 4.70. The minimum atomic E-state index is -0.304. The van der Waals surface area contributed by atoms with Crippen molar-refractivity contribution < 1.29 is 9.66 Å². The fraction of sp³-hybridized carbons (Fsp3) is 0.400. The largest absolute Gasteiger partial charge is 0.456 e. The summed E-state index contributed by atoms with van der Waals surface area (Å²) in [6, 6.07) is 2.16. The highest BCUT2D eigenvalue weighted by molar-refractivity contribution is 5.62. The summed E-state index contributed by atoms with van der Waals surface area (Å²) in [4.78, 5) is 11.1. The van der Waals surface area contributed by atoms with Crippen LogP contribution in [0.2, 0.25) is 0 Å². The van der Waals surface area contributed by atoms with Gasteiger partial charge in [-0.05, 0) is 77.6 Å². The summed E-state index contributed by atoms with van der Waals surface area (Å²) in [5.74, 6) is 1.58. The highest BCUT2D eigenvalue weighted by Crippen LogP contribution is 2.41.